The fourth-order valence-electron chi connectivity index (χ4n) is 0.720. The lowest BCUT2D eigenvalue weighted by molar-refractivity contribution is 1.39. The summed E-state index contributed by atoms with van der Waals surface area (Å²) in [6, 6.07) is 8.39. The van der Waals surface area contributed by atoms with Crippen LogP contribution in [0.4, 0.5) is 0 Å². The molecular formula is C7H8BBr. The van der Waals surface area contributed by atoms with Crippen LogP contribution in [0.1, 0.15) is 5.56 Å². The maximum Gasteiger partial charge on any atom is 0.107 e. The minimum atomic E-state index is 1.12. The molecule has 0 aromatic heterocycles. The highest BCUT2D eigenvalue weighted by atomic mass is 79.9. The standard InChI is InChI=1S/C7H8BBr/c8-5-6-1-3-7(9)4-2-6/h1-4H,5,8H2. The summed E-state index contributed by atoms with van der Waals surface area (Å²) >= 11 is 3.37. The van der Waals surface area contributed by atoms with Crippen molar-refractivity contribution < 1.29 is 0 Å². The Labute approximate surface area is 64.8 Å². The molecular weight excluding hydrogens is 175 g/mol. The summed E-state index contributed by atoms with van der Waals surface area (Å²) in [5.74, 6) is 0. The van der Waals surface area contributed by atoms with Gasteiger partial charge in [0.05, 0.1) is 0 Å². The summed E-state index contributed by atoms with van der Waals surface area (Å²) in [6.07, 6.45) is 1.12. The van der Waals surface area contributed by atoms with Crippen LogP contribution in [-0.2, 0) is 6.32 Å². The summed E-state index contributed by atoms with van der Waals surface area (Å²) in [5, 5.41) is 0. The Bertz CT molecular complexity index is 181. The van der Waals surface area contributed by atoms with E-state index in [0.717, 1.165) is 10.8 Å². The van der Waals surface area contributed by atoms with Gasteiger partial charge in [0.1, 0.15) is 7.85 Å². The lowest BCUT2D eigenvalue weighted by Gasteiger charge is -1.93. The average molecular weight is 183 g/mol. The molecule has 0 nitrogen and oxygen atoms in total. The number of rotatable bonds is 1. The SMILES string of the molecule is BCc1ccc(Br)cc1. The minimum absolute atomic E-state index is 1.12. The second-order valence-corrected chi connectivity index (χ2v) is 2.90. The number of hydrogen-bond acceptors (Lipinski definition) is 0. The first-order valence-electron chi connectivity index (χ1n) is 3.07. The summed E-state index contributed by atoms with van der Waals surface area (Å²) in [7, 11) is 2.16. The second-order valence-electron chi connectivity index (χ2n) is 1.98. The van der Waals surface area contributed by atoms with E-state index >= 15 is 0 Å². The van der Waals surface area contributed by atoms with Crippen LogP contribution in [0.15, 0.2) is 28.7 Å². The third-order valence-electron chi connectivity index (χ3n) is 1.32. The fraction of sp³-hybridized carbons (Fsp3) is 0.143. The van der Waals surface area contributed by atoms with Crippen molar-refractivity contribution >= 4 is 23.8 Å². The van der Waals surface area contributed by atoms with Crippen molar-refractivity contribution in [2.24, 2.45) is 0 Å². The fourth-order valence-corrected chi connectivity index (χ4v) is 0.984. The zero-order chi connectivity index (χ0) is 6.69. The smallest absolute Gasteiger partial charge is 0.0586 e. The number of hydrogen-bond donors (Lipinski definition) is 0. The Morgan fingerprint density at radius 1 is 1.22 bits per heavy atom. The molecule has 0 aliphatic rings. The third-order valence-corrected chi connectivity index (χ3v) is 1.85. The van der Waals surface area contributed by atoms with Crippen molar-refractivity contribution in [3.63, 3.8) is 0 Å². The van der Waals surface area contributed by atoms with Crippen LogP contribution < -0.4 is 0 Å². The molecule has 0 spiro atoms. The van der Waals surface area contributed by atoms with E-state index in [2.05, 4.69) is 48.0 Å². The molecule has 0 heterocycles. The Kier molecular flexibility index (Phi) is 2.34. The van der Waals surface area contributed by atoms with Gasteiger partial charge in [-0.15, -0.1) is 0 Å². The van der Waals surface area contributed by atoms with E-state index < -0.39 is 0 Å². The van der Waals surface area contributed by atoms with Crippen LogP contribution in [-0.4, -0.2) is 7.85 Å². The summed E-state index contributed by atoms with van der Waals surface area (Å²) in [4.78, 5) is 0. The van der Waals surface area contributed by atoms with Gasteiger partial charge in [-0.1, -0.05) is 39.9 Å². The van der Waals surface area contributed by atoms with Crippen molar-refractivity contribution in [2.45, 2.75) is 6.32 Å². The zero-order valence-corrected chi connectivity index (χ0v) is 6.98. The highest BCUT2D eigenvalue weighted by Crippen LogP contribution is 2.09. The highest BCUT2D eigenvalue weighted by Gasteiger charge is 1.86. The van der Waals surface area contributed by atoms with Crippen molar-refractivity contribution in [3.05, 3.63) is 34.3 Å². The number of halogens is 1. The molecule has 0 amide bonds. The van der Waals surface area contributed by atoms with Gasteiger partial charge >= 0.3 is 0 Å². The van der Waals surface area contributed by atoms with Gasteiger partial charge < -0.3 is 0 Å². The Balaban J connectivity index is 2.88. The van der Waals surface area contributed by atoms with E-state index in [1.165, 1.54) is 5.56 Å². The second kappa shape index (κ2) is 3.07. The molecule has 0 unspecified atom stereocenters. The van der Waals surface area contributed by atoms with Gasteiger partial charge in [-0.05, 0) is 12.1 Å². The van der Waals surface area contributed by atoms with Crippen LogP contribution in [0.25, 0.3) is 0 Å². The molecule has 0 fully saturated rings. The van der Waals surface area contributed by atoms with Gasteiger partial charge in [-0.2, -0.15) is 0 Å². The molecule has 0 N–H and O–H groups in total. The van der Waals surface area contributed by atoms with Crippen LogP contribution in [0.3, 0.4) is 0 Å². The monoisotopic (exact) mass is 182 g/mol. The maximum atomic E-state index is 3.37. The molecule has 0 atom stereocenters. The largest absolute Gasteiger partial charge is 0.107 e. The average Bonchev–Trinajstić information content (AvgIpc) is 1.90. The van der Waals surface area contributed by atoms with Gasteiger partial charge in [-0.25, -0.2) is 0 Å². The highest BCUT2D eigenvalue weighted by molar-refractivity contribution is 9.10. The molecule has 0 saturated carbocycles. The molecule has 0 aliphatic heterocycles. The molecule has 1 aromatic rings. The predicted octanol–water partition coefficient (Wildman–Crippen LogP) is 1.58. The maximum absolute atomic E-state index is 3.37. The van der Waals surface area contributed by atoms with Gasteiger partial charge in [-0.3, -0.25) is 0 Å². The molecule has 9 heavy (non-hydrogen) atoms. The molecule has 2 heteroatoms. The van der Waals surface area contributed by atoms with E-state index in [-0.39, 0.29) is 0 Å². The third kappa shape index (κ3) is 1.86. The van der Waals surface area contributed by atoms with Crippen LogP contribution >= 0.6 is 15.9 Å². The first-order chi connectivity index (χ1) is 4.33. The van der Waals surface area contributed by atoms with Crippen LogP contribution in [0.2, 0.25) is 0 Å². The quantitative estimate of drug-likeness (QED) is 0.579. The van der Waals surface area contributed by atoms with E-state index in [1.807, 2.05) is 0 Å². The van der Waals surface area contributed by atoms with Gasteiger partial charge in [0.2, 0.25) is 0 Å². The van der Waals surface area contributed by atoms with Gasteiger partial charge in [0.15, 0.2) is 0 Å². The topological polar surface area (TPSA) is 0 Å². The minimum Gasteiger partial charge on any atom is -0.0586 e. The Hall–Kier alpha value is -0.235. The van der Waals surface area contributed by atoms with Crippen molar-refractivity contribution in [1.29, 1.82) is 0 Å². The molecule has 1 rings (SSSR count). The summed E-state index contributed by atoms with van der Waals surface area (Å²) in [6.45, 7) is 0. The molecule has 0 radical (unpaired) electrons. The van der Waals surface area contributed by atoms with E-state index in [1.54, 1.807) is 0 Å². The van der Waals surface area contributed by atoms with E-state index in [4.69, 9.17) is 0 Å². The normalized spacial score (nSPS) is 9.44. The van der Waals surface area contributed by atoms with Crippen molar-refractivity contribution in [1.82, 2.24) is 0 Å². The molecule has 0 aliphatic carbocycles. The van der Waals surface area contributed by atoms with Gasteiger partial charge in [0, 0.05) is 4.47 Å². The molecule has 0 saturated heterocycles. The van der Waals surface area contributed by atoms with Crippen LogP contribution in [0.5, 0.6) is 0 Å². The Morgan fingerprint density at radius 2 is 1.78 bits per heavy atom. The molecule has 46 valence electrons. The molecule has 0 bridgehead atoms. The first-order valence-corrected chi connectivity index (χ1v) is 3.86. The summed E-state index contributed by atoms with van der Waals surface area (Å²) < 4.78 is 1.15. The van der Waals surface area contributed by atoms with E-state index in [9.17, 15) is 0 Å². The Morgan fingerprint density at radius 3 is 2.22 bits per heavy atom. The van der Waals surface area contributed by atoms with E-state index in [0.29, 0.717) is 0 Å². The lowest BCUT2D eigenvalue weighted by atomic mass is 9.97. The first kappa shape index (κ1) is 6.88. The predicted molar refractivity (Wildman–Crippen MR) is 46.4 cm³/mol. The van der Waals surface area contributed by atoms with Crippen LogP contribution in [0, 0.1) is 0 Å². The molecule has 1 aromatic carbocycles. The number of benzene rings is 1. The van der Waals surface area contributed by atoms with Crippen molar-refractivity contribution in [3.8, 4) is 0 Å². The summed E-state index contributed by atoms with van der Waals surface area (Å²) in [5.41, 5.74) is 1.39. The zero-order valence-electron chi connectivity index (χ0n) is 5.39. The van der Waals surface area contributed by atoms with Gasteiger partial charge in [0.25, 0.3) is 0 Å². The van der Waals surface area contributed by atoms with Crippen molar-refractivity contribution in [2.75, 3.05) is 0 Å². The lowest BCUT2D eigenvalue weighted by Crippen LogP contribution is -1.80.